The Bertz CT molecular complexity index is 817. The van der Waals surface area contributed by atoms with Crippen molar-refractivity contribution in [2.45, 2.75) is 25.5 Å². The molecule has 1 saturated heterocycles. The molecular formula is C22H27N3O4. The number of amides is 2. The van der Waals surface area contributed by atoms with Gasteiger partial charge in [-0.25, -0.2) is 0 Å². The van der Waals surface area contributed by atoms with E-state index in [0.29, 0.717) is 18.7 Å². The van der Waals surface area contributed by atoms with Crippen LogP contribution in [-0.2, 0) is 16.1 Å². The van der Waals surface area contributed by atoms with Crippen molar-refractivity contribution in [3.05, 3.63) is 59.7 Å². The van der Waals surface area contributed by atoms with Gasteiger partial charge in [0.2, 0.25) is 5.91 Å². The van der Waals surface area contributed by atoms with Crippen molar-refractivity contribution >= 4 is 17.5 Å². The van der Waals surface area contributed by atoms with Crippen LogP contribution < -0.4 is 20.7 Å². The van der Waals surface area contributed by atoms with E-state index in [4.69, 9.17) is 9.47 Å². The van der Waals surface area contributed by atoms with Crippen LogP contribution in [0.2, 0.25) is 0 Å². The number of ether oxygens (including phenoxy) is 2. The molecule has 1 unspecified atom stereocenters. The molecule has 0 saturated carbocycles. The first-order valence-corrected chi connectivity index (χ1v) is 9.77. The highest BCUT2D eigenvalue weighted by Gasteiger charge is 2.16. The second kappa shape index (κ2) is 10.5. The van der Waals surface area contributed by atoms with Gasteiger partial charge in [0.05, 0.1) is 19.8 Å². The Morgan fingerprint density at radius 3 is 2.69 bits per heavy atom. The highest BCUT2D eigenvalue weighted by atomic mass is 16.5. The van der Waals surface area contributed by atoms with E-state index < -0.39 is 0 Å². The lowest BCUT2D eigenvalue weighted by atomic mass is 10.1. The summed E-state index contributed by atoms with van der Waals surface area (Å²) >= 11 is 0. The van der Waals surface area contributed by atoms with Gasteiger partial charge in [-0.1, -0.05) is 18.2 Å². The largest absolute Gasteiger partial charge is 0.497 e. The van der Waals surface area contributed by atoms with E-state index >= 15 is 0 Å². The number of hydrogen-bond acceptors (Lipinski definition) is 5. The predicted octanol–water partition coefficient (Wildman–Crippen LogP) is 2.33. The molecule has 2 aromatic rings. The quantitative estimate of drug-likeness (QED) is 0.604. The number of carbonyl (C=O) groups excluding carboxylic acids is 2. The van der Waals surface area contributed by atoms with Crippen molar-refractivity contribution < 1.29 is 19.1 Å². The van der Waals surface area contributed by atoms with Crippen molar-refractivity contribution in [2.75, 3.05) is 32.1 Å². The van der Waals surface area contributed by atoms with E-state index in [9.17, 15) is 9.59 Å². The molecule has 1 aliphatic heterocycles. The minimum atomic E-state index is -0.145. The van der Waals surface area contributed by atoms with E-state index in [1.54, 1.807) is 25.3 Å². The third-order valence-electron chi connectivity index (χ3n) is 4.74. The van der Waals surface area contributed by atoms with Gasteiger partial charge < -0.3 is 25.4 Å². The number of nitrogens with one attached hydrogen (secondary N) is 3. The molecule has 0 aromatic heterocycles. The summed E-state index contributed by atoms with van der Waals surface area (Å²) in [5.41, 5.74) is 2.25. The van der Waals surface area contributed by atoms with Crippen molar-refractivity contribution in [1.29, 1.82) is 0 Å². The van der Waals surface area contributed by atoms with Crippen LogP contribution in [0.5, 0.6) is 5.75 Å². The Morgan fingerprint density at radius 1 is 1.14 bits per heavy atom. The van der Waals surface area contributed by atoms with Crippen LogP contribution in [0, 0.1) is 0 Å². The number of rotatable bonds is 9. The molecule has 29 heavy (non-hydrogen) atoms. The first kappa shape index (κ1) is 20.7. The molecule has 2 aromatic carbocycles. The fourth-order valence-electron chi connectivity index (χ4n) is 3.07. The van der Waals surface area contributed by atoms with E-state index in [2.05, 4.69) is 16.0 Å². The third-order valence-corrected chi connectivity index (χ3v) is 4.74. The molecule has 1 aliphatic rings. The van der Waals surface area contributed by atoms with Crippen molar-refractivity contribution in [2.24, 2.45) is 0 Å². The Hall–Kier alpha value is -3.06. The fourth-order valence-corrected chi connectivity index (χ4v) is 3.07. The Kier molecular flexibility index (Phi) is 7.47. The topological polar surface area (TPSA) is 88.7 Å². The van der Waals surface area contributed by atoms with Gasteiger partial charge in [-0.2, -0.15) is 0 Å². The first-order chi connectivity index (χ1) is 14.1. The Balaban J connectivity index is 1.42. The van der Waals surface area contributed by atoms with Crippen LogP contribution in [0.15, 0.2) is 48.5 Å². The normalized spacial score (nSPS) is 15.6. The first-order valence-electron chi connectivity index (χ1n) is 9.77. The van der Waals surface area contributed by atoms with E-state index in [1.165, 1.54) is 0 Å². The minimum absolute atomic E-state index is 0.106. The van der Waals surface area contributed by atoms with Crippen LogP contribution in [0.3, 0.4) is 0 Å². The van der Waals surface area contributed by atoms with E-state index in [0.717, 1.165) is 36.4 Å². The number of methoxy groups -OCH3 is 1. The lowest BCUT2D eigenvalue weighted by Gasteiger charge is -2.12. The van der Waals surface area contributed by atoms with Gasteiger partial charge in [-0.3, -0.25) is 9.59 Å². The molecule has 1 fully saturated rings. The van der Waals surface area contributed by atoms with Crippen LogP contribution in [0.1, 0.15) is 28.8 Å². The van der Waals surface area contributed by atoms with Crippen molar-refractivity contribution in [3.8, 4) is 5.75 Å². The molecule has 7 nitrogen and oxygen atoms in total. The predicted molar refractivity (Wildman–Crippen MR) is 111 cm³/mol. The van der Waals surface area contributed by atoms with Crippen molar-refractivity contribution in [1.82, 2.24) is 10.6 Å². The van der Waals surface area contributed by atoms with E-state index in [-0.39, 0.29) is 24.5 Å². The number of anilines is 1. The summed E-state index contributed by atoms with van der Waals surface area (Å²) in [4.78, 5) is 24.4. The Morgan fingerprint density at radius 2 is 1.97 bits per heavy atom. The minimum Gasteiger partial charge on any atom is -0.497 e. The lowest BCUT2D eigenvalue weighted by molar-refractivity contribution is -0.119. The van der Waals surface area contributed by atoms with E-state index in [1.807, 2.05) is 30.3 Å². The summed E-state index contributed by atoms with van der Waals surface area (Å²) in [6, 6.07) is 14.6. The highest BCUT2D eigenvalue weighted by molar-refractivity contribution is 5.95. The lowest BCUT2D eigenvalue weighted by Crippen LogP contribution is -2.32. The van der Waals surface area contributed by atoms with Gasteiger partial charge >= 0.3 is 0 Å². The zero-order valence-electron chi connectivity index (χ0n) is 16.6. The van der Waals surface area contributed by atoms with Gasteiger partial charge in [0.25, 0.3) is 5.91 Å². The van der Waals surface area contributed by atoms with Gasteiger partial charge in [0.15, 0.2) is 0 Å². The monoisotopic (exact) mass is 397 g/mol. The molecule has 3 N–H and O–H groups in total. The second-order valence-corrected chi connectivity index (χ2v) is 6.90. The smallest absolute Gasteiger partial charge is 0.251 e. The maximum atomic E-state index is 12.3. The fraction of sp³-hybridized carbons (Fsp3) is 0.364. The molecule has 154 valence electrons. The Labute approximate surface area is 170 Å². The van der Waals surface area contributed by atoms with Gasteiger partial charge in [-0.05, 0) is 48.7 Å². The van der Waals surface area contributed by atoms with Crippen LogP contribution >= 0.6 is 0 Å². The van der Waals surface area contributed by atoms with Gasteiger partial charge in [0.1, 0.15) is 5.75 Å². The molecule has 0 bridgehead atoms. The van der Waals surface area contributed by atoms with Crippen LogP contribution in [0.4, 0.5) is 5.69 Å². The summed E-state index contributed by atoms with van der Waals surface area (Å²) in [7, 11) is 1.62. The summed E-state index contributed by atoms with van der Waals surface area (Å²) < 4.78 is 10.6. The standard InChI is InChI=1S/C22H27N3O4/c1-28-19-9-7-16(8-10-19)13-24-21(26)15-23-18-5-2-4-17(12-18)22(27)25-14-20-6-3-11-29-20/h2,4-5,7-10,12,20,23H,3,6,11,13-15H2,1H3,(H,24,26)(H,25,27). The molecule has 1 heterocycles. The van der Waals surface area contributed by atoms with Gasteiger partial charge in [0, 0.05) is 30.9 Å². The average molecular weight is 397 g/mol. The third kappa shape index (κ3) is 6.50. The van der Waals surface area contributed by atoms with Crippen LogP contribution in [0.25, 0.3) is 0 Å². The maximum absolute atomic E-state index is 12.3. The molecular weight excluding hydrogens is 370 g/mol. The van der Waals surface area contributed by atoms with Crippen LogP contribution in [-0.4, -0.2) is 44.7 Å². The zero-order valence-corrected chi connectivity index (χ0v) is 16.6. The SMILES string of the molecule is COc1ccc(CNC(=O)CNc2cccc(C(=O)NCC3CCCO3)c2)cc1. The number of benzene rings is 2. The molecule has 3 rings (SSSR count). The zero-order chi connectivity index (χ0) is 20.5. The summed E-state index contributed by atoms with van der Waals surface area (Å²) in [5.74, 6) is 0.503. The average Bonchev–Trinajstić information content (AvgIpc) is 3.29. The molecule has 7 heteroatoms. The molecule has 2 amide bonds. The number of carbonyl (C=O) groups is 2. The molecule has 1 atom stereocenters. The molecule has 0 radical (unpaired) electrons. The summed E-state index contributed by atoms with van der Waals surface area (Å²) in [6.45, 7) is 1.85. The number of hydrogen-bond donors (Lipinski definition) is 3. The summed E-state index contributed by atoms with van der Waals surface area (Å²) in [6.07, 6.45) is 2.13. The molecule has 0 aliphatic carbocycles. The molecule has 0 spiro atoms. The van der Waals surface area contributed by atoms with Crippen molar-refractivity contribution in [3.63, 3.8) is 0 Å². The van der Waals surface area contributed by atoms with Gasteiger partial charge in [-0.15, -0.1) is 0 Å². The maximum Gasteiger partial charge on any atom is 0.251 e. The summed E-state index contributed by atoms with van der Waals surface area (Å²) in [5, 5.41) is 8.81. The second-order valence-electron chi connectivity index (χ2n) is 6.90. The highest BCUT2D eigenvalue weighted by Crippen LogP contribution is 2.13.